The molecule has 4 heteroatoms. The van der Waals surface area contributed by atoms with Crippen molar-refractivity contribution >= 4 is 11.8 Å². The number of rotatable bonds is 7. The Morgan fingerprint density at radius 1 is 1.14 bits per heavy atom. The predicted octanol–water partition coefficient (Wildman–Crippen LogP) is 3.79. The van der Waals surface area contributed by atoms with Crippen LogP contribution in [-0.2, 0) is 9.47 Å². The fraction of sp³-hybridized carbons (Fsp3) is 0.647. The second-order valence-corrected chi connectivity index (χ2v) is 5.67. The molecule has 0 saturated carbocycles. The van der Waals surface area contributed by atoms with E-state index in [1.165, 1.54) is 0 Å². The average Bonchev–Trinajstić information content (AvgIpc) is 2.50. The number of hydrogen-bond donors (Lipinski definition) is 0. The number of hydrogen-bond acceptors (Lipinski definition) is 4. The van der Waals surface area contributed by atoms with Gasteiger partial charge in [0.25, 0.3) is 0 Å². The largest absolute Gasteiger partial charge is 0.483 e. The molecule has 0 radical (unpaired) electrons. The summed E-state index contributed by atoms with van der Waals surface area (Å²) in [5, 5.41) is 0. The molecule has 118 valence electrons. The van der Waals surface area contributed by atoms with E-state index in [9.17, 15) is 0 Å². The highest BCUT2D eigenvalue weighted by molar-refractivity contribution is 5.96. The molecule has 1 atom stereocenters. The predicted molar refractivity (Wildman–Crippen MR) is 89.1 cm³/mol. The van der Waals surface area contributed by atoms with Gasteiger partial charge in [0.1, 0.15) is 11.6 Å². The lowest BCUT2D eigenvalue weighted by Crippen LogP contribution is -2.46. The summed E-state index contributed by atoms with van der Waals surface area (Å²) < 4.78 is 11.1. The molecule has 1 heterocycles. The molecule has 1 aliphatic heterocycles. The van der Waals surface area contributed by atoms with Gasteiger partial charge < -0.3 is 9.47 Å². The summed E-state index contributed by atoms with van der Waals surface area (Å²) in [6.07, 6.45) is 7.14. The second-order valence-electron chi connectivity index (χ2n) is 5.67. The molecule has 1 aliphatic rings. The van der Waals surface area contributed by atoms with E-state index in [1.54, 1.807) is 14.2 Å². The fourth-order valence-electron chi connectivity index (χ4n) is 2.60. The maximum absolute atomic E-state index is 5.59. The normalized spacial score (nSPS) is 20.5. The standard InChI is InChI=1S/C17H28N2O2/c1-7-9-11-17(12-10-8-2)16(21-6)18-14(13(3)4)15(19-17)20-5/h7-8,13-14H,1-2,9-12H2,3-6H3. The van der Waals surface area contributed by atoms with Gasteiger partial charge in [-0.2, -0.15) is 0 Å². The molecule has 0 fully saturated rings. The van der Waals surface area contributed by atoms with Crippen molar-refractivity contribution in [2.75, 3.05) is 14.2 Å². The van der Waals surface area contributed by atoms with Crippen molar-refractivity contribution in [2.45, 2.75) is 51.1 Å². The topological polar surface area (TPSA) is 43.2 Å². The van der Waals surface area contributed by atoms with E-state index in [-0.39, 0.29) is 6.04 Å². The highest BCUT2D eigenvalue weighted by atomic mass is 16.5. The van der Waals surface area contributed by atoms with Crippen LogP contribution in [-0.4, -0.2) is 37.6 Å². The second kappa shape index (κ2) is 8.01. The number of ether oxygens (including phenoxy) is 2. The Kier molecular flexibility index (Phi) is 6.66. The number of nitrogens with zero attached hydrogens (tertiary/aromatic N) is 2. The number of allylic oxidation sites excluding steroid dienone is 2. The SMILES string of the molecule is C=CCCC1(CCC=C)N=C(OC)C(C(C)C)N=C1OC. The summed E-state index contributed by atoms with van der Waals surface area (Å²) >= 11 is 0. The molecule has 1 unspecified atom stereocenters. The highest BCUT2D eigenvalue weighted by Gasteiger charge is 2.42. The van der Waals surface area contributed by atoms with Gasteiger partial charge in [0, 0.05) is 0 Å². The van der Waals surface area contributed by atoms with Crippen molar-refractivity contribution < 1.29 is 9.47 Å². The van der Waals surface area contributed by atoms with Crippen molar-refractivity contribution in [3.05, 3.63) is 25.3 Å². The van der Waals surface area contributed by atoms with Gasteiger partial charge in [-0.05, 0) is 31.6 Å². The van der Waals surface area contributed by atoms with Gasteiger partial charge in [-0.15, -0.1) is 13.2 Å². The van der Waals surface area contributed by atoms with E-state index < -0.39 is 5.54 Å². The zero-order valence-electron chi connectivity index (χ0n) is 13.8. The van der Waals surface area contributed by atoms with Gasteiger partial charge in [0.15, 0.2) is 0 Å². The zero-order valence-corrected chi connectivity index (χ0v) is 13.8. The number of aliphatic imine (C=N–C) groups is 2. The average molecular weight is 292 g/mol. The Bertz CT molecular complexity index is 413. The molecule has 0 saturated heterocycles. The summed E-state index contributed by atoms with van der Waals surface area (Å²) in [7, 11) is 3.33. The van der Waals surface area contributed by atoms with Crippen LogP contribution in [0.4, 0.5) is 0 Å². The van der Waals surface area contributed by atoms with Crippen molar-refractivity contribution in [1.82, 2.24) is 0 Å². The quantitative estimate of drug-likeness (QED) is 0.670. The van der Waals surface area contributed by atoms with E-state index in [4.69, 9.17) is 19.5 Å². The smallest absolute Gasteiger partial charge is 0.212 e. The van der Waals surface area contributed by atoms with Crippen molar-refractivity contribution in [1.29, 1.82) is 0 Å². The van der Waals surface area contributed by atoms with Crippen LogP contribution < -0.4 is 0 Å². The maximum atomic E-state index is 5.59. The third kappa shape index (κ3) is 3.96. The van der Waals surface area contributed by atoms with Gasteiger partial charge >= 0.3 is 0 Å². The maximum Gasteiger partial charge on any atom is 0.212 e. The summed E-state index contributed by atoms with van der Waals surface area (Å²) in [4.78, 5) is 9.69. The molecular weight excluding hydrogens is 264 g/mol. The van der Waals surface area contributed by atoms with E-state index in [0.717, 1.165) is 25.7 Å². The zero-order chi connectivity index (χ0) is 15.9. The molecule has 4 nitrogen and oxygen atoms in total. The lowest BCUT2D eigenvalue weighted by atomic mass is 9.86. The minimum Gasteiger partial charge on any atom is -0.483 e. The Morgan fingerprint density at radius 2 is 1.71 bits per heavy atom. The monoisotopic (exact) mass is 292 g/mol. The minimum absolute atomic E-state index is 0.0782. The van der Waals surface area contributed by atoms with Crippen LogP contribution in [0.5, 0.6) is 0 Å². The van der Waals surface area contributed by atoms with Crippen LogP contribution in [0, 0.1) is 5.92 Å². The molecule has 0 spiro atoms. The van der Waals surface area contributed by atoms with Crippen LogP contribution in [0.25, 0.3) is 0 Å². The summed E-state index contributed by atoms with van der Waals surface area (Å²) in [6, 6.07) is -0.0782. The third-order valence-electron chi connectivity index (χ3n) is 3.79. The van der Waals surface area contributed by atoms with Crippen LogP contribution in [0.3, 0.4) is 0 Å². The first-order valence-electron chi connectivity index (χ1n) is 7.52. The first-order valence-corrected chi connectivity index (χ1v) is 7.52. The van der Waals surface area contributed by atoms with Gasteiger partial charge in [-0.25, -0.2) is 9.98 Å². The molecule has 0 N–H and O–H groups in total. The van der Waals surface area contributed by atoms with Gasteiger partial charge in [0.05, 0.1) is 14.2 Å². The van der Waals surface area contributed by atoms with Crippen LogP contribution in [0.15, 0.2) is 35.3 Å². The van der Waals surface area contributed by atoms with Crippen molar-refractivity contribution in [3.8, 4) is 0 Å². The van der Waals surface area contributed by atoms with E-state index in [0.29, 0.717) is 17.7 Å². The molecule has 0 aromatic carbocycles. The first kappa shape index (κ1) is 17.5. The molecule has 21 heavy (non-hydrogen) atoms. The van der Waals surface area contributed by atoms with Gasteiger partial charge in [-0.1, -0.05) is 26.0 Å². The Morgan fingerprint density at radius 3 is 2.10 bits per heavy atom. The summed E-state index contributed by atoms with van der Waals surface area (Å²) in [6.45, 7) is 11.8. The summed E-state index contributed by atoms with van der Waals surface area (Å²) in [5.74, 6) is 1.70. The minimum atomic E-state index is -0.464. The molecule has 0 aromatic rings. The highest BCUT2D eigenvalue weighted by Crippen LogP contribution is 2.33. The molecule has 0 bridgehead atoms. The van der Waals surface area contributed by atoms with Gasteiger partial charge in [0.2, 0.25) is 11.8 Å². The fourth-order valence-corrected chi connectivity index (χ4v) is 2.60. The molecule has 1 rings (SSSR count). The Balaban J connectivity index is 3.23. The lowest BCUT2D eigenvalue weighted by molar-refractivity contribution is 0.291. The van der Waals surface area contributed by atoms with Crippen LogP contribution in [0.2, 0.25) is 0 Å². The Labute approximate surface area is 128 Å². The molecule has 0 amide bonds. The van der Waals surface area contributed by atoms with E-state index >= 15 is 0 Å². The third-order valence-corrected chi connectivity index (χ3v) is 3.79. The number of methoxy groups -OCH3 is 2. The van der Waals surface area contributed by atoms with Crippen LogP contribution in [0.1, 0.15) is 39.5 Å². The summed E-state index contributed by atoms with van der Waals surface area (Å²) in [5.41, 5.74) is -0.464. The van der Waals surface area contributed by atoms with Crippen molar-refractivity contribution in [3.63, 3.8) is 0 Å². The molecule has 0 aromatic heterocycles. The molecule has 0 aliphatic carbocycles. The van der Waals surface area contributed by atoms with E-state index in [1.807, 2.05) is 12.2 Å². The van der Waals surface area contributed by atoms with Gasteiger partial charge in [-0.3, -0.25) is 0 Å². The van der Waals surface area contributed by atoms with E-state index in [2.05, 4.69) is 27.0 Å². The van der Waals surface area contributed by atoms with Crippen LogP contribution >= 0.6 is 0 Å². The molecular formula is C17H28N2O2. The lowest BCUT2D eigenvalue weighted by Gasteiger charge is -2.36. The van der Waals surface area contributed by atoms with Crippen molar-refractivity contribution in [2.24, 2.45) is 15.9 Å². The Hall–Kier alpha value is -1.58. The first-order chi connectivity index (χ1) is 10.0.